The van der Waals surface area contributed by atoms with Crippen LogP contribution in [0.3, 0.4) is 0 Å². The highest BCUT2D eigenvalue weighted by atomic mass is 19.3. The van der Waals surface area contributed by atoms with E-state index in [0.717, 1.165) is 0 Å². The lowest BCUT2D eigenvalue weighted by atomic mass is 10.0. The first-order chi connectivity index (χ1) is 8.73. The van der Waals surface area contributed by atoms with Crippen molar-refractivity contribution >= 4 is 5.97 Å². The van der Waals surface area contributed by atoms with Gasteiger partial charge >= 0.3 is 11.9 Å². The molecule has 8 heteroatoms. The molecule has 1 atom stereocenters. The highest BCUT2D eigenvalue weighted by Crippen LogP contribution is 2.33. The molecule has 2 N–H and O–H groups in total. The molecule has 106 valence electrons. The average Bonchev–Trinajstić information content (AvgIpc) is 2.35. The number of hydrogen-bond donors (Lipinski definition) is 1. The largest absolute Gasteiger partial charge is 0.462 e. The Labute approximate surface area is 105 Å². The van der Waals surface area contributed by atoms with Gasteiger partial charge in [0.2, 0.25) is 0 Å². The molecule has 0 amide bonds. The Morgan fingerprint density at radius 3 is 2.42 bits per heavy atom. The third-order valence-electron chi connectivity index (χ3n) is 2.34. The number of carbonyl (C=O) groups excluding carboxylic acids is 1. The minimum absolute atomic E-state index is 0.332. The minimum atomic E-state index is -4.26. The molecule has 19 heavy (non-hydrogen) atoms. The van der Waals surface area contributed by atoms with E-state index in [1.165, 1.54) is 6.92 Å². The van der Waals surface area contributed by atoms with E-state index >= 15 is 0 Å². The third-order valence-corrected chi connectivity index (χ3v) is 2.34. The summed E-state index contributed by atoms with van der Waals surface area (Å²) in [7, 11) is 0. The van der Waals surface area contributed by atoms with Gasteiger partial charge in [0.05, 0.1) is 6.61 Å². The number of nitrogens with two attached hydrogens (primary N) is 1. The van der Waals surface area contributed by atoms with Crippen molar-refractivity contribution in [2.24, 2.45) is 5.73 Å². The number of benzene rings is 1. The number of esters is 1. The second kappa shape index (κ2) is 5.52. The van der Waals surface area contributed by atoms with Crippen molar-refractivity contribution in [1.82, 2.24) is 0 Å². The molecule has 0 bridgehead atoms. The second-order valence-electron chi connectivity index (χ2n) is 3.59. The van der Waals surface area contributed by atoms with Crippen molar-refractivity contribution in [3.8, 4) is 0 Å². The Hall–Kier alpha value is -1.70. The van der Waals surface area contributed by atoms with Gasteiger partial charge in [-0.05, 0) is 13.0 Å². The SMILES string of the molecule is CCOC(=O)C(F)(F)[C@H](N)c1ccc(F)c(F)c1F. The lowest BCUT2D eigenvalue weighted by Gasteiger charge is -2.22. The lowest BCUT2D eigenvalue weighted by molar-refractivity contribution is -0.174. The van der Waals surface area contributed by atoms with Crippen LogP contribution in [0.1, 0.15) is 18.5 Å². The number of carbonyl (C=O) groups is 1. The maximum atomic E-state index is 13.5. The molecule has 0 aliphatic heterocycles. The van der Waals surface area contributed by atoms with Crippen LogP contribution in [0.4, 0.5) is 22.0 Å². The van der Waals surface area contributed by atoms with E-state index < -0.39 is 40.9 Å². The van der Waals surface area contributed by atoms with Gasteiger partial charge in [-0.1, -0.05) is 6.07 Å². The van der Waals surface area contributed by atoms with Crippen molar-refractivity contribution in [3.05, 3.63) is 35.1 Å². The maximum absolute atomic E-state index is 13.5. The summed E-state index contributed by atoms with van der Waals surface area (Å²) in [5.41, 5.74) is 4.03. The topological polar surface area (TPSA) is 52.3 Å². The van der Waals surface area contributed by atoms with Crippen LogP contribution in [0.25, 0.3) is 0 Å². The van der Waals surface area contributed by atoms with Crippen LogP contribution >= 0.6 is 0 Å². The molecule has 0 aliphatic rings. The second-order valence-corrected chi connectivity index (χ2v) is 3.59. The smallest absolute Gasteiger partial charge is 0.379 e. The van der Waals surface area contributed by atoms with Crippen LogP contribution in [0.15, 0.2) is 12.1 Å². The molecule has 0 aromatic heterocycles. The zero-order valence-electron chi connectivity index (χ0n) is 9.72. The number of alkyl halides is 2. The van der Waals surface area contributed by atoms with Crippen LogP contribution in [-0.4, -0.2) is 18.5 Å². The monoisotopic (exact) mass is 283 g/mol. The molecular weight excluding hydrogens is 273 g/mol. The van der Waals surface area contributed by atoms with Crippen molar-refractivity contribution < 1.29 is 31.5 Å². The van der Waals surface area contributed by atoms with E-state index in [4.69, 9.17) is 5.73 Å². The van der Waals surface area contributed by atoms with E-state index in [1.54, 1.807) is 0 Å². The van der Waals surface area contributed by atoms with Crippen molar-refractivity contribution in [2.75, 3.05) is 6.61 Å². The Morgan fingerprint density at radius 2 is 1.89 bits per heavy atom. The van der Waals surface area contributed by atoms with Gasteiger partial charge in [-0.2, -0.15) is 8.78 Å². The molecular formula is C11H10F5NO2. The molecule has 0 aliphatic carbocycles. The molecule has 0 saturated carbocycles. The van der Waals surface area contributed by atoms with Gasteiger partial charge in [0.15, 0.2) is 17.5 Å². The minimum Gasteiger partial charge on any atom is -0.462 e. The fourth-order valence-electron chi connectivity index (χ4n) is 1.33. The zero-order chi connectivity index (χ0) is 14.8. The lowest BCUT2D eigenvalue weighted by Crippen LogP contribution is -2.42. The van der Waals surface area contributed by atoms with Crippen molar-refractivity contribution in [1.29, 1.82) is 0 Å². The first-order valence-corrected chi connectivity index (χ1v) is 5.17. The van der Waals surface area contributed by atoms with E-state index in [2.05, 4.69) is 4.74 Å². The van der Waals surface area contributed by atoms with Gasteiger partial charge in [0.1, 0.15) is 6.04 Å². The summed E-state index contributed by atoms with van der Waals surface area (Å²) < 4.78 is 70.0. The fraction of sp³-hybridized carbons (Fsp3) is 0.364. The molecule has 0 heterocycles. The number of ether oxygens (including phenoxy) is 1. The number of rotatable bonds is 4. The van der Waals surface area contributed by atoms with Crippen LogP contribution < -0.4 is 5.73 Å². The summed E-state index contributed by atoms with van der Waals surface area (Å²) in [5, 5.41) is 0. The predicted octanol–water partition coefficient (Wildman–Crippen LogP) is 2.30. The highest BCUT2D eigenvalue weighted by Gasteiger charge is 2.49. The first kappa shape index (κ1) is 15.4. The quantitative estimate of drug-likeness (QED) is 0.524. The molecule has 1 rings (SSSR count). The first-order valence-electron chi connectivity index (χ1n) is 5.17. The van der Waals surface area contributed by atoms with E-state index in [0.29, 0.717) is 12.1 Å². The Morgan fingerprint density at radius 1 is 1.32 bits per heavy atom. The predicted molar refractivity (Wildman–Crippen MR) is 54.8 cm³/mol. The summed E-state index contributed by atoms with van der Waals surface area (Å²) >= 11 is 0. The third kappa shape index (κ3) is 2.83. The molecule has 0 spiro atoms. The fourth-order valence-corrected chi connectivity index (χ4v) is 1.33. The van der Waals surface area contributed by atoms with E-state index in [-0.39, 0.29) is 6.61 Å². The number of hydrogen-bond acceptors (Lipinski definition) is 3. The van der Waals surface area contributed by atoms with Crippen LogP contribution in [0.2, 0.25) is 0 Å². The molecule has 0 radical (unpaired) electrons. The van der Waals surface area contributed by atoms with Gasteiger partial charge in [-0.25, -0.2) is 18.0 Å². The summed E-state index contributed by atoms with van der Waals surface area (Å²) in [6.07, 6.45) is 0. The molecule has 1 aromatic rings. The maximum Gasteiger partial charge on any atom is 0.379 e. The molecule has 0 unspecified atom stereocenters. The summed E-state index contributed by atoms with van der Waals surface area (Å²) in [6.45, 7) is 0.957. The molecule has 1 aromatic carbocycles. The van der Waals surface area contributed by atoms with Gasteiger partial charge < -0.3 is 10.5 Å². The average molecular weight is 283 g/mol. The van der Waals surface area contributed by atoms with Gasteiger partial charge in [-0.15, -0.1) is 0 Å². The molecule has 3 nitrogen and oxygen atoms in total. The Balaban J connectivity index is 3.16. The van der Waals surface area contributed by atoms with Gasteiger partial charge in [-0.3, -0.25) is 0 Å². The zero-order valence-corrected chi connectivity index (χ0v) is 9.72. The van der Waals surface area contributed by atoms with E-state index in [9.17, 15) is 26.7 Å². The van der Waals surface area contributed by atoms with Crippen LogP contribution in [0, 0.1) is 17.5 Å². The number of halogens is 5. The Bertz CT molecular complexity index is 492. The summed E-state index contributed by atoms with van der Waals surface area (Å²) in [4.78, 5) is 11.0. The van der Waals surface area contributed by atoms with Gasteiger partial charge in [0, 0.05) is 5.56 Å². The normalized spacial score (nSPS) is 13.2. The summed E-state index contributed by atoms with van der Waals surface area (Å²) in [5.74, 6) is -11.6. The van der Waals surface area contributed by atoms with Gasteiger partial charge in [0.25, 0.3) is 0 Å². The van der Waals surface area contributed by atoms with E-state index in [1.807, 2.05) is 0 Å². The van der Waals surface area contributed by atoms with Crippen molar-refractivity contribution in [2.45, 2.75) is 18.9 Å². The molecule has 0 fully saturated rings. The summed E-state index contributed by atoms with van der Waals surface area (Å²) in [6, 6.07) is -1.50. The molecule has 0 saturated heterocycles. The standard InChI is InChI=1S/C11H10F5NO2/c1-2-19-10(18)11(15,16)9(17)5-3-4-6(12)8(14)7(5)13/h3-4,9H,2,17H2,1H3/t9-/m1/s1. The van der Waals surface area contributed by atoms with Crippen LogP contribution in [-0.2, 0) is 9.53 Å². The highest BCUT2D eigenvalue weighted by molar-refractivity contribution is 5.78. The van der Waals surface area contributed by atoms with Crippen molar-refractivity contribution in [3.63, 3.8) is 0 Å². The Kier molecular flexibility index (Phi) is 4.46. The van der Waals surface area contributed by atoms with Crippen LogP contribution in [0.5, 0.6) is 0 Å².